The summed E-state index contributed by atoms with van der Waals surface area (Å²) in [7, 11) is -0.135. The second-order valence-corrected chi connectivity index (χ2v) is 11.0. The molecule has 0 atom stereocenters. The molecule has 7 heteroatoms. The fourth-order valence-corrected chi connectivity index (χ4v) is 5.25. The minimum absolute atomic E-state index is 0.130. The summed E-state index contributed by atoms with van der Waals surface area (Å²) >= 11 is 0. The smallest absolute Gasteiger partial charge is 0.103 e. The molecule has 0 unspecified atom stereocenters. The summed E-state index contributed by atoms with van der Waals surface area (Å²) in [4.78, 5) is 4.88. The van der Waals surface area contributed by atoms with E-state index in [9.17, 15) is 0 Å². The molecule has 0 spiro atoms. The third kappa shape index (κ3) is 11.8. The fraction of sp³-hybridized carbons (Fsp3) is 1.00. The van der Waals surface area contributed by atoms with Crippen LogP contribution in [0.1, 0.15) is 27.7 Å². The van der Waals surface area contributed by atoms with E-state index in [0.717, 1.165) is 51.8 Å². The highest BCUT2D eigenvalue weighted by Gasteiger charge is 2.13. The van der Waals surface area contributed by atoms with Gasteiger partial charge in [0.1, 0.15) is 6.73 Å². The Bertz CT molecular complexity index is 254. The van der Waals surface area contributed by atoms with Gasteiger partial charge < -0.3 is 16.0 Å². The highest BCUT2D eigenvalue weighted by Crippen LogP contribution is 2.36. The molecule has 4 N–H and O–H groups in total. The Morgan fingerprint density at radius 1 is 0.739 bits per heavy atom. The molecular formula is C16H40N4OP2. The lowest BCUT2D eigenvalue weighted by molar-refractivity contribution is 0.126. The predicted molar refractivity (Wildman–Crippen MR) is 108 cm³/mol. The van der Waals surface area contributed by atoms with Crippen LogP contribution < -0.4 is 11.5 Å². The van der Waals surface area contributed by atoms with Crippen LogP contribution in [0.15, 0.2) is 0 Å². The van der Waals surface area contributed by atoms with Gasteiger partial charge in [0.2, 0.25) is 0 Å². The van der Waals surface area contributed by atoms with Gasteiger partial charge in [-0.05, 0) is 24.6 Å². The van der Waals surface area contributed by atoms with Gasteiger partial charge in [-0.15, -0.1) is 0 Å². The average Bonchev–Trinajstić information content (AvgIpc) is 2.57. The van der Waals surface area contributed by atoms with Crippen LogP contribution in [-0.4, -0.2) is 86.7 Å². The molecule has 0 amide bonds. The van der Waals surface area contributed by atoms with E-state index in [2.05, 4.69) is 37.5 Å². The number of hydrogen-bond donors (Lipinski definition) is 2. The van der Waals surface area contributed by atoms with Gasteiger partial charge in [0.15, 0.2) is 0 Å². The molecule has 0 aromatic carbocycles. The SMILES string of the molecule is CCP(CC)CN(CCN)CCN(CCN)COP(CC)CC. The molecule has 140 valence electrons. The van der Waals surface area contributed by atoms with Gasteiger partial charge in [0, 0.05) is 53.7 Å². The van der Waals surface area contributed by atoms with E-state index in [4.69, 9.17) is 16.0 Å². The maximum Gasteiger partial charge on any atom is 0.103 e. The van der Waals surface area contributed by atoms with Crippen LogP contribution in [-0.2, 0) is 4.52 Å². The number of hydrogen-bond acceptors (Lipinski definition) is 5. The van der Waals surface area contributed by atoms with Gasteiger partial charge >= 0.3 is 0 Å². The van der Waals surface area contributed by atoms with E-state index < -0.39 is 0 Å². The van der Waals surface area contributed by atoms with Gasteiger partial charge in [-0.25, -0.2) is 0 Å². The van der Waals surface area contributed by atoms with E-state index in [1.165, 1.54) is 18.6 Å². The van der Waals surface area contributed by atoms with Gasteiger partial charge in [-0.2, -0.15) is 0 Å². The second kappa shape index (κ2) is 16.1. The Morgan fingerprint density at radius 3 is 1.74 bits per heavy atom. The molecule has 23 heavy (non-hydrogen) atoms. The lowest BCUT2D eigenvalue weighted by atomic mass is 10.4. The van der Waals surface area contributed by atoms with Crippen LogP contribution in [0.2, 0.25) is 0 Å². The zero-order chi connectivity index (χ0) is 17.5. The summed E-state index contributed by atoms with van der Waals surface area (Å²) in [5.41, 5.74) is 11.6. The normalized spacial score (nSPS) is 12.3. The molecule has 0 bridgehead atoms. The Morgan fingerprint density at radius 2 is 1.26 bits per heavy atom. The molecule has 0 rings (SSSR count). The van der Waals surface area contributed by atoms with Crippen molar-refractivity contribution < 1.29 is 4.52 Å². The third-order valence-electron chi connectivity index (χ3n) is 4.05. The summed E-state index contributed by atoms with van der Waals surface area (Å²) in [6.07, 6.45) is 6.10. The summed E-state index contributed by atoms with van der Waals surface area (Å²) in [5, 5.41) is 0. The number of nitrogens with zero attached hydrogens (tertiary/aromatic N) is 2. The maximum atomic E-state index is 6.07. The molecule has 0 aliphatic heterocycles. The zero-order valence-corrected chi connectivity index (χ0v) is 17.6. The molecule has 5 nitrogen and oxygen atoms in total. The predicted octanol–water partition coefficient (Wildman–Crippen LogP) is 2.40. The first-order valence-corrected chi connectivity index (χ1v) is 12.6. The van der Waals surface area contributed by atoms with Crippen LogP contribution >= 0.6 is 16.1 Å². The monoisotopic (exact) mass is 366 g/mol. The van der Waals surface area contributed by atoms with Gasteiger partial charge in [0.25, 0.3) is 0 Å². The molecule has 0 heterocycles. The molecule has 0 saturated carbocycles. The van der Waals surface area contributed by atoms with Crippen LogP contribution in [0.4, 0.5) is 0 Å². The number of nitrogens with two attached hydrogens (primary N) is 2. The topological polar surface area (TPSA) is 67.8 Å². The van der Waals surface area contributed by atoms with E-state index >= 15 is 0 Å². The molecule has 0 fully saturated rings. The molecule has 0 saturated heterocycles. The fourth-order valence-electron chi connectivity index (χ4n) is 2.42. The van der Waals surface area contributed by atoms with Crippen molar-refractivity contribution in [3.8, 4) is 0 Å². The minimum Gasteiger partial charge on any atom is -0.344 e. The summed E-state index contributed by atoms with van der Waals surface area (Å²) in [6.45, 7) is 15.2. The highest BCUT2D eigenvalue weighted by molar-refractivity contribution is 7.57. The summed E-state index contributed by atoms with van der Waals surface area (Å²) < 4.78 is 6.07. The van der Waals surface area contributed by atoms with Crippen LogP contribution in [0.3, 0.4) is 0 Å². The Hall–Kier alpha value is 0.660. The van der Waals surface area contributed by atoms with Gasteiger partial charge in [0.05, 0.1) is 0 Å². The van der Waals surface area contributed by atoms with Crippen molar-refractivity contribution in [3.05, 3.63) is 0 Å². The summed E-state index contributed by atoms with van der Waals surface area (Å²) in [5.74, 6) is 0. The van der Waals surface area contributed by atoms with E-state index in [1.54, 1.807) is 0 Å². The molecule has 0 aromatic heterocycles. The lowest BCUT2D eigenvalue weighted by Gasteiger charge is -2.30. The van der Waals surface area contributed by atoms with E-state index in [1.807, 2.05) is 0 Å². The number of rotatable bonds is 16. The maximum absolute atomic E-state index is 6.07. The van der Waals surface area contributed by atoms with Crippen LogP contribution in [0, 0.1) is 0 Å². The minimum atomic E-state index is -0.264. The van der Waals surface area contributed by atoms with Crippen molar-refractivity contribution >= 4 is 16.1 Å². The average molecular weight is 366 g/mol. The Balaban J connectivity index is 4.35. The van der Waals surface area contributed by atoms with Crippen molar-refractivity contribution in [2.75, 3.05) is 76.9 Å². The lowest BCUT2D eigenvalue weighted by Crippen LogP contribution is -2.40. The van der Waals surface area contributed by atoms with Crippen LogP contribution in [0.5, 0.6) is 0 Å². The Labute approximate surface area is 147 Å². The first-order valence-electron chi connectivity index (χ1n) is 9.09. The van der Waals surface area contributed by atoms with Crippen molar-refractivity contribution in [1.29, 1.82) is 0 Å². The standard InChI is InChI=1S/C16H40N4OP2/c1-5-22(6-2)16-20(12-10-18)14-13-19(11-9-17)15-21-23(7-3)8-4/h5-18H2,1-4H3. The summed E-state index contributed by atoms with van der Waals surface area (Å²) in [6, 6.07) is 0. The first-order chi connectivity index (χ1) is 11.1. The zero-order valence-electron chi connectivity index (χ0n) is 15.8. The van der Waals surface area contributed by atoms with Crippen LogP contribution in [0.25, 0.3) is 0 Å². The van der Waals surface area contributed by atoms with Gasteiger partial charge in [-0.3, -0.25) is 9.80 Å². The largest absolute Gasteiger partial charge is 0.344 e. The molecular weight excluding hydrogens is 326 g/mol. The van der Waals surface area contributed by atoms with Crippen molar-refractivity contribution in [2.24, 2.45) is 11.5 Å². The quantitative estimate of drug-likeness (QED) is 0.324. The molecule has 0 aliphatic rings. The highest BCUT2D eigenvalue weighted by atomic mass is 31.1. The van der Waals surface area contributed by atoms with Crippen molar-refractivity contribution in [1.82, 2.24) is 9.80 Å². The van der Waals surface area contributed by atoms with Gasteiger partial charge in [-0.1, -0.05) is 35.6 Å². The van der Waals surface area contributed by atoms with E-state index in [-0.39, 0.29) is 16.1 Å². The van der Waals surface area contributed by atoms with Crippen molar-refractivity contribution in [3.63, 3.8) is 0 Å². The first kappa shape index (κ1) is 23.7. The molecule has 0 aliphatic carbocycles. The molecule has 0 aromatic rings. The molecule has 0 radical (unpaired) electrons. The second-order valence-electron chi connectivity index (χ2n) is 5.63. The van der Waals surface area contributed by atoms with Crippen molar-refractivity contribution in [2.45, 2.75) is 27.7 Å². The Kier molecular flexibility index (Phi) is 16.6. The van der Waals surface area contributed by atoms with E-state index in [0.29, 0.717) is 6.54 Å². The third-order valence-corrected chi connectivity index (χ3v) is 8.53.